The third-order valence-electron chi connectivity index (χ3n) is 7.29. The summed E-state index contributed by atoms with van der Waals surface area (Å²) in [5.41, 5.74) is 10.8. The molecule has 2 aromatic rings. The van der Waals surface area contributed by atoms with E-state index in [4.69, 9.17) is 5.73 Å². The molecule has 0 saturated carbocycles. The number of nitrogens with zero attached hydrogens (tertiary/aromatic N) is 1. The van der Waals surface area contributed by atoms with Crippen LogP contribution in [0.3, 0.4) is 0 Å². The van der Waals surface area contributed by atoms with Crippen LogP contribution in [0.1, 0.15) is 51.3 Å². The fourth-order valence-corrected chi connectivity index (χ4v) is 5.14. The Morgan fingerprint density at radius 2 is 1.68 bits per heavy atom. The molecule has 1 aliphatic heterocycles. The SMILES string of the molecule is CNN(C(=O)C(C(=O)C(N)Cc1ccc(F)cc1)C(C)C)C(Cc1ccc(O)c(C(C)(C)C)c1)C1NC(=O)NC1=O. The van der Waals surface area contributed by atoms with E-state index in [1.165, 1.54) is 36.3 Å². The number of imide groups is 1. The monoisotopic (exact) mass is 569 g/mol. The number of amides is 4. The van der Waals surface area contributed by atoms with Gasteiger partial charge >= 0.3 is 6.03 Å². The van der Waals surface area contributed by atoms with Crippen molar-refractivity contribution in [1.82, 2.24) is 21.1 Å². The van der Waals surface area contributed by atoms with Crippen molar-refractivity contribution in [1.29, 1.82) is 0 Å². The molecule has 1 fully saturated rings. The minimum absolute atomic E-state index is 0.114. The summed E-state index contributed by atoms with van der Waals surface area (Å²) in [6, 6.07) is 6.92. The predicted molar refractivity (Wildman–Crippen MR) is 152 cm³/mol. The Hall–Kier alpha value is -3.83. The molecular weight excluding hydrogens is 529 g/mol. The minimum Gasteiger partial charge on any atom is -0.508 e. The second-order valence-corrected chi connectivity index (χ2v) is 11.8. The standard InChI is InChI=1S/C30H40FN5O5/c1-16(2)24(26(38)21(32)14-17-7-10-19(31)11-8-17)28(40)36(33-6)22(25-27(39)35-29(41)34-25)15-18-9-12-23(37)20(13-18)30(3,4)5/h7-13,16,21-22,24-25,33,37H,14-15,32H2,1-6H3,(H2,34,35,39,41). The van der Waals surface area contributed by atoms with Gasteiger partial charge in [-0.25, -0.2) is 14.6 Å². The number of benzene rings is 2. The normalized spacial score (nSPS) is 17.5. The van der Waals surface area contributed by atoms with E-state index < -0.39 is 59.4 Å². The van der Waals surface area contributed by atoms with Crippen molar-refractivity contribution in [3.63, 3.8) is 0 Å². The zero-order chi connectivity index (χ0) is 30.6. The Morgan fingerprint density at radius 1 is 1.07 bits per heavy atom. The van der Waals surface area contributed by atoms with Gasteiger partial charge in [-0.05, 0) is 59.1 Å². The highest BCUT2D eigenvalue weighted by Crippen LogP contribution is 2.32. The molecule has 11 heteroatoms. The summed E-state index contributed by atoms with van der Waals surface area (Å²) in [5.74, 6) is -3.60. The average molecular weight is 570 g/mol. The number of urea groups is 1. The maximum Gasteiger partial charge on any atom is 0.322 e. The summed E-state index contributed by atoms with van der Waals surface area (Å²) in [5, 5.41) is 16.4. The van der Waals surface area contributed by atoms with Crippen LogP contribution in [0, 0.1) is 17.7 Å². The van der Waals surface area contributed by atoms with Gasteiger partial charge in [0.2, 0.25) is 5.91 Å². The van der Waals surface area contributed by atoms with Crippen molar-refractivity contribution in [3.8, 4) is 5.75 Å². The Bertz CT molecular complexity index is 1290. The van der Waals surface area contributed by atoms with E-state index >= 15 is 0 Å². The van der Waals surface area contributed by atoms with E-state index in [1.54, 1.807) is 32.0 Å². The van der Waals surface area contributed by atoms with Gasteiger partial charge in [-0.2, -0.15) is 0 Å². The van der Waals surface area contributed by atoms with Crippen LogP contribution >= 0.6 is 0 Å². The number of Topliss-reactive ketones (excluding diaryl/α,β-unsaturated/α-hetero) is 1. The van der Waals surface area contributed by atoms with E-state index in [0.29, 0.717) is 16.7 Å². The van der Waals surface area contributed by atoms with Gasteiger partial charge in [-0.1, -0.05) is 58.9 Å². The maximum atomic E-state index is 14.1. The number of nitrogens with one attached hydrogen (secondary N) is 3. The van der Waals surface area contributed by atoms with E-state index in [0.717, 1.165) is 0 Å². The van der Waals surface area contributed by atoms with Gasteiger partial charge in [0.15, 0.2) is 5.78 Å². The summed E-state index contributed by atoms with van der Waals surface area (Å²) in [7, 11) is 1.50. The number of hydrogen-bond donors (Lipinski definition) is 5. The second kappa shape index (κ2) is 12.8. The lowest BCUT2D eigenvalue weighted by molar-refractivity contribution is -0.149. The largest absolute Gasteiger partial charge is 0.508 e. The first kappa shape index (κ1) is 31.7. The first-order valence-corrected chi connectivity index (χ1v) is 13.6. The molecule has 6 N–H and O–H groups in total. The van der Waals surface area contributed by atoms with Gasteiger partial charge in [-0.3, -0.25) is 24.7 Å². The van der Waals surface area contributed by atoms with Crippen LogP contribution in [0.5, 0.6) is 5.75 Å². The van der Waals surface area contributed by atoms with E-state index in [-0.39, 0.29) is 24.0 Å². The van der Waals surface area contributed by atoms with Crippen molar-refractivity contribution in [2.75, 3.05) is 7.05 Å². The molecule has 0 radical (unpaired) electrons. The first-order chi connectivity index (χ1) is 19.1. The van der Waals surface area contributed by atoms with Crippen LogP contribution in [-0.4, -0.2) is 58.9 Å². The van der Waals surface area contributed by atoms with Gasteiger partial charge in [-0.15, -0.1) is 0 Å². The summed E-state index contributed by atoms with van der Waals surface area (Å²) in [6.45, 7) is 9.31. The van der Waals surface area contributed by atoms with Gasteiger partial charge in [0.05, 0.1) is 12.1 Å². The lowest BCUT2D eigenvalue weighted by atomic mass is 9.83. The number of aromatic hydroxyl groups is 1. The van der Waals surface area contributed by atoms with Crippen LogP contribution in [0.25, 0.3) is 0 Å². The van der Waals surface area contributed by atoms with Crippen molar-refractivity contribution in [2.24, 2.45) is 17.6 Å². The summed E-state index contributed by atoms with van der Waals surface area (Å²) < 4.78 is 13.3. The van der Waals surface area contributed by atoms with Gasteiger partial charge in [0, 0.05) is 7.05 Å². The number of phenols is 1. The topological polar surface area (TPSA) is 154 Å². The number of rotatable bonds is 11. The van der Waals surface area contributed by atoms with Gasteiger partial charge < -0.3 is 16.2 Å². The van der Waals surface area contributed by atoms with Crippen LogP contribution in [0.15, 0.2) is 42.5 Å². The second-order valence-electron chi connectivity index (χ2n) is 11.8. The zero-order valence-electron chi connectivity index (χ0n) is 24.3. The number of ketones is 1. The molecule has 4 unspecified atom stereocenters. The molecule has 222 valence electrons. The highest BCUT2D eigenvalue weighted by molar-refractivity contribution is 6.06. The fraction of sp³-hybridized carbons (Fsp3) is 0.467. The number of phenolic OH excluding ortho intramolecular Hbond substituents is 1. The van der Waals surface area contributed by atoms with Crippen LogP contribution in [0.4, 0.5) is 9.18 Å². The van der Waals surface area contributed by atoms with Crippen LogP contribution in [-0.2, 0) is 32.6 Å². The quantitative estimate of drug-likeness (QED) is 0.158. The Balaban J connectivity index is 1.96. The number of carbonyl (C=O) groups is 4. The highest BCUT2D eigenvalue weighted by Gasteiger charge is 2.44. The van der Waals surface area contributed by atoms with Crippen LogP contribution < -0.4 is 21.8 Å². The first-order valence-electron chi connectivity index (χ1n) is 13.6. The van der Waals surface area contributed by atoms with E-state index in [9.17, 15) is 28.7 Å². The Labute approximate surface area is 239 Å². The summed E-state index contributed by atoms with van der Waals surface area (Å²) in [6.07, 6.45) is 0.234. The molecule has 2 aromatic carbocycles. The van der Waals surface area contributed by atoms with Crippen molar-refractivity contribution >= 4 is 23.6 Å². The molecule has 1 saturated heterocycles. The average Bonchev–Trinajstić information content (AvgIpc) is 3.22. The molecule has 0 spiro atoms. The molecule has 0 aromatic heterocycles. The number of hydrogen-bond acceptors (Lipinski definition) is 7. The Morgan fingerprint density at radius 3 is 2.20 bits per heavy atom. The molecule has 1 aliphatic rings. The zero-order valence-corrected chi connectivity index (χ0v) is 24.3. The van der Waals surface area contributed by atoms with Gasteiger partial charge in [0.1, 0.15) is 23.5 Å². The fourth-order valence-electron chi connectivity index (χ4n) is 5.14. The smallest absolute Gasteiger partial charge is 0.322 e. The molecule has 4 amide bonds. The van der Waals surface area contributed by atoms with Crippen molar-refractivity contribution < 1.29 is 28.7 Å². The third kappa shape index (κ3) is 7.47. The number of nitrogens with two attached hydrogens (primary N) is 1. The van der Waals surface area contributed by atoms with Crippen molar-refractivity contribution in [2.45, 2.75) is 71.0 Å². The minimum atomic E-state index is -1.16. The van der Waals surface area contributed by atoms with E-state index in [1.807, 2.05) is 20.8 Å². The maximum absolute atomic E-state index is 14.1. The number of halogens is 1. The molecule has 4 atom stereocenters. The predicted octanol–water partition coefficient (Wildman–Crippen LogP) is 2.32. The summed E-state index contributed by atoms with van der Waals surface area (Å²) in [4.78, 5) is 52.5. The molecular formula is C30H40FN5O5. The van der Waals surface area contributed by atoms with Gasteiger partial charge in [0.25, 0.3) is 5.91 Å². The number of hydrazine groups is 1. The molecule has 3 rings (SSSR count). The number of carbonyl (C=O) groups excluding carboxylic acids is 4. The van der Waals surface area contributed by atoms with Crippen LogP contribution in [0.2, 0.25) is 0 Å². The molecule has 0 bridgehead atoms. The Kier molecular flexibility index (Phi) is 9.88. The lowest BCUT2D eigenvalue weighted by Crippen LogP contribution is -2.61. The van der Waals surface area contributed by atoms with Crippen molar-refractivity contribution in [3.05, 3.63) is 65.0 Å². The third-order valence-corrected chi connectivity index (χ3v) is 7.29. The van der Waals surface area contributed by atoms with E-state index in [2.05, 4.69) is 16.1 Å². The molecule has 1 heterocycles. The highest BCUT2D eigenvalue weighted by atomic mass is 19.1. The molecule has 0 aliphatic carbocycles. The lowest BCUT2D eigenvalue weighted by Gasteiger charge is -2.37. The molecule has 41 heavy (non-hydrogen) atoms. The molecule has 10 nitrogen and oxygen atoms in total. The summed E-state index contributed by atoms with van der Waals surface area (Å²) >= 11 is 0.